The molecule has 0 N–H and O–H groups in total. The smallest absolute Gasteiger partial charge is 0.243 e. The Morgan fingerprint density at radius 3 is 2.11 bits per heavy atom. The molecule has 3 heterocycles. The van der Waals surface area contributed by atoms with Crippen molar-refractivity contribution in [3.8, 4) is 11.3 Å². The molecule has 27 heavy (non-hydrogen) atoms. The number of benzene rings is 1. The molecular weight excluding hydrogens is 362 g/mol. The summed E-state index contributed by atoms with van der Waals surface area (Å²) in [6.07, 6.45) is 3.44. The van der Waals surface area contributed by atoms with Gasteiger partial charge in [0.25, 0.3) is 0 Å². The summed E-state index contributed by atoms with van der Waals surface area (Å²) in [5.41, 5.74) is 1.74. The van der Waals surface area contributed by atoms with Gasteiger partial charge in [-0.25, -0.2) is 8.42 Å². The SMILES string of the molecule is O=S(=O)(c1ccccc1)N1CCN(c2ccc(-c3ccncc3)nn2)CC1. The summed E-state index contributed by atoms with van der Waals surface area (Å²) in [6.45, 7) is 2.00. The van der Waals surface area contributed by atoms with E-state index < -0.39 is 10.0 Å². The average Bonchev–Trinajstić information content (AvgIpc) is 2.75. The lowest BCUT2D eigenvalue weighted by atomic mass is 10.2. The minimum Gasteiger partial charge on any atom is -0.352 e. The third-order valence-corrected chi connectivity index (χ3v) is 6.48. The molecule has 3 aromatic rings. The summed E-state index contributed by atoms with van der Waals surface area (Å²) in [7, 11) is -3.45. The summed E-state index contributed by atoms with van der Waals surface area (Å²) >= 11 is 0. The highest BCUT2D eigenvalue weighted by Crippen LogP contribution is 2.21. The average molecular weight is 381 g/mol. The largest absolute Gasteiger partial charge is 0.352 e. The topological polar surface area (TPSA) is 79.3 Å². The molecule has 0 amide bonds. The molecule has 7 nitrogen and oxygen atoms in total. The second-order valence-electron chi connectivity index (χ2n) is 6.22. The van der Waals surface area contributed by atoms with E-state index in [1.54, 1.807) is 36.7 Å². The monoisotopic (exact) mass is 381 g/mol. The molecule has 0 spiro atoms. The molecule has 0 unspecified atom stereocenters. The molecule has 1 saturated heterocycles. The molecule has 1 fully saturated rings. The first-order chi connectivity index (χ1) is 13.1. The highest BCUT2D eigenvalue weighted by atomic mass is 32.2. The lowest BCUT2D eigenvalue weighted by molar-refractivity contribution is 0.383. The predicted octanol–water partition coefficient (Wildman–Crippen LogP) is 2.05. The van der Waals surface area contributed by atoms with Crippen LogP contribution in [0, 0.1) is 0 Å². The number of nitrogens with zero attached hydrogens (tertiary/aromatic N) is 5. The van der Waals surface area contributed by atoms with Gasteiger partial charge in [-0.1, -0.05) is 18.2 Å². The molecule has 8 heteroatoms. The zero-order valence-corrected chi connectivity index (χ0v) is 15.5. The Hall–Kier alpha value is -2.84. The molecule has 0 bridgehead atoms. The summed E-state index contributed by atoms with van der Waals surface area (Å²) in [6, 6.07) is 16.2. The zero-order valence-electron chi connectivity index (χ0n) is 14.6. The standard InChI is InChI=1S/C19H19N5O2S/c25-27(26,17-4-2-1-3-5-17)24-14-12-23(13-15-24)19-7-6-18(21-22-19)16-8-10-20-11-9-16/h1-11H,12-15H2. The van der Waals surface area contributed by atoms with Gasteiger partial charge in [-0.3, -0.25) is 4.98 Å². The van der Waals surface area contributed by atoms with E-state index in [0.29, 0.717) is 31.1 Å². The fraction of sp³-hybridized carbons (Fsp3) is 0.211. The maximum atomic E-state index is 12.7. The van der Waals surface area contributed by atoms with E-state index in [-0.39, 0.29) is 0 Å². The van der Waals surface area contributed by atoms with Crippen molar-refractivity contribution in [1.29, 1.82) is 0 Å². The third kappa shape index (κ3) is 3.67. The molecule has 0 radical (unpaired) electrons. The quantitative estimate of drug-likeness (QED) is 0.688. The molecule has 2 aromatic heterocycles. The van der Waals surface area contributed by atoms with E-state index in [2.05, 4.69) is 20.1 Å². The van der Waals surface area contributed by atoms with Crippen LogP contribution in [0.25, 0.3) is 11.3 Å². The molecule has 4 rings (SSSR count). The summed E-state index contributed by atoms with van der Waals surface area (Å²) in [5.74, 6) is 0.754. The fourth-order valence-electron chi connectivity index (χ4n) is 3.07. The molecule has 1 aliphatic rings. The van der Waals surface area contributed by atoms with Crippen molar-refractivity contribution in [2.75, 3.05) is 31.1 Å². The van der Waals surface area contributed by atoms with Gasteiger partial charge in [0, 0.05) is 44.1 Å². The fourth-order valence-corrected chi connectivity index (χ4v) is 4.51. The number of anilines is 1. The lowest BCUT2D eigenvalue weighted by Crippen LogP contribution is -2.48. The number of pyridine rings is 1. The maximum Gasteiger partial charge on any atom is 0.243 e. The van der Waals surface area contributed by atoms with Crippen molar-refractivity contribution in [2.24, 2.45) is 0 Å². The number of piperazine rings is 1. The first-order valence-corrected chi connectivity index (χ1v) is 10.1. The van der Waals surface area contributed by atoms with E-state index in [1.807, 2.05) is 30.3 Å². The van der Waals surface area contributed by atoms with Crippen molar-refractivity contribution >= 4 is 15.8 Å². The third-order valence-electron chi connectivity index (χ3n) is 4.57. The first-order valence-electron chi connectivity index (χ1n) is 8.69. The van der Waals surface area contributed by atoms with Gasteiger partial charge in [-0.2, -0.15) is 4.31 Å². The number of hydrogen-bond acceptors (Lipinski definition) is 6. The van der Waals surface area contributed by atoms with Crippen LogP contribution in [0.15, 0.2) is 71.9 Å². The van der Waals surface area contributed by atoms with E-state index in [1.165, 1.54) is 4.31 Å². The number of sulfonamides is 1. The molecule has 0 saturated carbocycles. The maximum absolute atomic E-state index is 12.7. The Kier molecular flexibility index (Phi) is 4.83. The van der Waals surface area contributed by atoms with Gasteiger partial charge in [0.05, 0.1) is 10.6 Å². The summed E-state index contributed by atoms with van der Waals surface area (Å²) in [5, 5.41) is 8.60. The molecule has 0 atom stereocenters. The van der Waals surface area contributed by atoms with Gasteiger partial charge in [-0.15, -0.1) is 10.2 Å². The Labute approximate surface area is 158 Å². The number of hydrogen-bond donors (Lipinski definition) is 0. The Bertz CT molecular complexity index is 987. The molecule has 0 aliphatic carbocycles. The Balaban J connectivity index is 1.44. The van der Waals surface area contributed by atoms with Gasteiger partial charge in [-0.05, 0) is 36.4 Å². The molecule has 1 aliphatic heterocycles. The Morgan fingerprint density at radius 2 is 1.48 bits per heavy atom. The van der Waals surface area contributed by atoms with Crippen LogP contribution in [0.4, 0.5) is 5.82 Å². The van der Waals surface area contributed by atoms with Gasteiger partial charge >= 0.3 is 0 Å². The van der Waals surface area contributed by atoms with Crippen LogP contribution in [0.3, 0.4) is 0 Å². The van der Waals surface area contributed by atoms with Crippen LogP contribution in [0.1, 0.15) is 0 Å². The van der Waals surface area contributed by atoms with Crippen molar-refractivity contribution in [3.05, 3.63) is 67.0 Å². The minimum atomic E-state index is -3.45. The highest BCUT2D eigenvalue weighted by molar-refractivity contribution is 7.89. The normalized spacial score (nSPS) is 15.6. The number of aromatic nitrogens is 3. The summed E-state index contributed by atoms with van der Waals surface area (Å²) < 4.78 is 26.9. The van der Waals surface area contributed by atoms with Gasteiger partial charge in [0.15, 0.2) is 5.82 Å². The van der Waals surface area contributed by atoms with E-state index in [9.17, 15) is 8.42 Å². The zero-order chi connectivity index (χ0) is 18.7. The van der Waals surface area contributed by atoms with Crippen LogP contribution in [0.5, 0.6) is 0 Å². The first kappa shape index (κ1) is 17.6. The molecular formula is C19H19N5O2S. The van der Waals surface area contributed by atoms with Crippen molar-refractivity contribution < 1.29 is 8.42 Å². The molecule has 1 aromatic carbocycles. The van der Waals surface area contributed by atoms with Crippen molar-refractivity contribution in [1.82, 2.24) is 19.5 Å². The van der Waals surface area contributed by atoms with E-state index >= 15 is 0 Å². The van der Waals surface area contributed by atoms with Crippen molar-refractivity contribution in [3.63, 3.8) is 0 Å². The van der Waals surface area contributed by atoms with Crippen LogP contribution >= 0.6 is 0 Å². The number of rotatable bonds is 4. The summed E-state index contributed by atoms with van der Waals surface area (Å²) in [4.78, 5) is 6.39. The van der Waals surface area contributed by atoms with Gasteiger partial charge in [0.2, 0.25) is 10.0 Å². The predicted molar refractivity (Wildman–Crippen MR) is 103 cm³/mol. The van der Waals surface area contributed by atoms with Crippen LogP contribution in [-0.2, 0) is 10.0 Å². The van der Waals surface area contributed by atoms with E-state index in [0.717, 1.165) is 17.1 Å². The van der Waals surface area contributed by atoms with Crippen LogP contribution in [-0.4, -0.2) is 54.1 Å². The second kappa shape index (κ2) is 7.42. The minimum absolute atomic E-state index is 0.333. The van der Waals surface area contributed by atoms with Gasteiger partial charge in [0.1, 0.15) is 0 Å². The molecule has 138 valence electrons. The Morgan fingerprint density at radius 1 is 0.778 bits per heavy atom. The highest BCUT2D eigenvalue weighted by Gasteiger charge is 2.28. The van der Waals surface area contributed by atoms with Gasteiger partial charge < -0.3 is 4.90 Å². The van der Waals surface area contributed by atoms with Crippen LogP contribution in [0.2, 0.25) is 0 Å². The van der Waals surface area contributed by atoms with Crippen molar-refractivity contribution in [2.45, 2.75) is 4.90 Å². The van der Waals surface area contributed by atoms with E-state index in [4.69, 9.17) is 0 Å². The lowest BCUT2D eigenvalue weighted by Gasteiger charge is -2.34. The second-order valence-corrected chi connectivity index (χ2v) is 8.15. The van der Waals surface area contributed by atoms with Crippen LogP contribution < -0.4 is 4.90 Å².